The number of carbonyl (C=O) groups excluding carboxylic acids is 1. The molecule has 5 rings (SSSR count). The standard InChI is InChI=1S/C24H28N4O2/c1-27-15-17(20-4-2-3-5-22(20)27)14-23(29)25-18-8-10-19(11-9-18)28-24(30)13-12-21(26-28)16-6-7-16/h2-5,12-13,15-16,18-19H,6-11,14H2,1H3,(H,25,29). The van der Waals surface area contributed by atoms with E-state index in [0.717, 1.165) is 47.8 Å². The third kappa shape index (κ3) is 3.78. The SMILES string of the molecule is Cn1cc(CC(=O)NC2CCC(n3nc(C4CC4)ccc3=O)CC2)c2ccccc21. The Kier molecular flexibility index (Phi) is 4.93. The highest BCUT2D eigenvalue weighted by atomic mass is 16.1. The van der Waals surface area contributed by atoms with E-state index in [2.05, 4.69) is 27.1 Å². The second kappa shape index (κ2) is 7.74. The smallest absolute Gasteiger partial charge is 0.267 e. The zero-order valence-corrected chi connectivity index (χ0v) is 17.4. The van der Waals surface area contributed by atoms with Gasteiger partial charge in [0.2, 0.25) is 5.91 Å². The van der Waals surface area contributed by atoms with E-state index in [9.17, 15) is 9.59 Å². The average Bonchev–Trinajstić information content (AvgIpc) is 3.55. The molecule has 2 heterocycles. The van der Waals surface area contributed by atoms with Crippen LogP contribution in [0.5, 0.6) is 0 Å². The van der Waals surface area contributed by atoms with Crippen molar-refractivity contribution in [1.29, 1.82) is 0 Å². The van der Waals surface area contributed by atoms with Gasteiger partial charge in [-0.3, -0.25) is 9.59 Å². The molecule has 1 aromatic carbocycles. The number of aryl methyl sites for hydroxylation is 1. The van der Waals surface area contributed by atoms with Crippen LogP contribution in [0.2, 0.25) is 0 Å². The Hall–Kier alpha value is -2.89. The van der Waals surface area contributed by atoms with E-state index in [1.807, 2.05) is 31.4 Å². The van der Waals surface area contributed by atoms with Crippen molar-refractivity contribution in [2.24, 2.45) is 7.05 Å². The molecular formula is C24H28N4O2. The Balaban J connectivity index is 1.20. The zero-order valence-electron chi connectivity index (χ0n) is 17.4. The summed E-state index contributed by atoms with van der Waals surface area (Å²) in [6, 6.07) is 12.0. The molecule has 0 aliphatic heterocycles. The number of aromatic nitrogens is 3. The van der Waals surface area contributed by atoms with Gasteiger partial charge in [-0.15, -0.1) is 0 Å². The van der Waals surface area contributed by atoms with Gasteiger partial charge in [0.05, 0.1) is 18.2 Å². The zero-order chi connectivity index (χ0) is 20.7. The summed E-state index contributed by atoms with van der Waals surface area (Å²) in [5.74, 6) is 0.613. The third-order valence-electron chi connectivity index (χ3n) is 6.58. The van der Waals surface area contributed by atoms with Gasteiger partial charge < -0.3 is 9.88 Å². The van der Waals surface area contributed by atoms with Crippen LogP contribution in [0.25, 0.3) is 10.9 Å². The number of hydrogen-bond donors (Lipinski definition) is 1. The Morgan fingerprint density at radius 1 is 1.07 bits per heavy atom. The highest BCUT2D eigenvalue weighted by Gasteiger charge is 2.28. The van der Waals surface area contributed by atoms with Gasteiger partial charge >= 0.3 is 0 Å². The van der Waals surface area contributed by atoms with E-state index >= 15 is 0 Å². The summed E-state index contributed by atoms with van der Waals surface area (Å²) in [5, 5.41) is 9.00. The molecule has 6 heteroatoms. The lowest BCUT2D eigenvalue weighted by atomic mass is 9.91. The summed E-state index contributed by atoms with van der Waals surface area (Å²) in [4.78, 5) is 25.0. The molecule has 30 heavy (non-hydrogen) atoms. The van der Waals surface area contributed by atoms with Gasteiger partial charge in [0.25, 0.3) is 5.56 Å². The average molecular weight is 405 g/mol. The summed E-state index contributed by atoms with van der Waals surface area (Å²) >= 11 is 0. The number of nitrogens with one attached hydrogen (secondary N) is 1. The number of nitrogens with zero attached hydrogens (tertiary/aromatic N) is 3. The van der Waals surface area contributed by atoms with Gasteiger partial charge in [-0.25, -0.2) is 4.68 Å². The molecule has 2 fully saturated rings. The quantitative estimate of drug-likeness (QED) is 0.708. The molecule has 2 aliphatic rings. The third-order valence-corrected chi connectivity index (χ3v) is 6.58. The molecule has 1 amide bonds. The summed E-state index contributed by atoms with van der Waals surface area (Å²) in [6.07, 6.45) is 8.32. The second-order valence-electron chi connectivity index (χ2n) is 8.85. The first kappa shape index (κ1) is 19.1. The van der Waals surface area contributed by atoms with Crippen molar-refractivity contribution in [3.8, 4) is 0 Å². The fourth-order valence-corrected chi connectivity index (χ4v) is 4.78. The van der Waals surface area contributed by atoms with Crippen molar-refractivity contribution in [3.05, 3.63) is 64.2 Å². The first-order valence-electron chi connectivity index (χ1n) is 11.0. The van der Waals surface area contributed by atoms with Gasteiger partial charge in [0.15, 0.2) is 0 Å². The van der Waals surface area contributed by atoms with Crippen molar-refractivity contribution in [3.63, 3.8) is 0 Å². The van der Waals surface area contributed by atoms with Gasteiger partial charge in [-0.05, 0) is 56.2 Å². The van der Waals surface area contributed by atoms with Crippen molar-refractivity contribution in [1.82, 2.24) is 19.7 Å². The molecule has 2 aromatic heterocycles. The Bertz CT molecular complexity index is 1130. The number of benzene rings is 1. The lowest BCUT2D eigenvalue weighted by Gasteiger charge is -2.29. The van der Waals surface area contributed by atoms with E-state index in [-0.39, 0.29) is 23.6 Å². The van der Waals surface area contributed by atoms with E-state index in [4.69, 9.17) is 0 Å². The Labute approximate surface area is 175 Å². The van der Waals surface area contributed by atoms with Crippen LogP contribution in [0.3, 0.4) is 0 Å². The predicted octanol–water partition coefficient (Wildman–Crippen LogP) is 3.46. The number of fused-ring (bicyclic) bond motifs is 1. The number of amides is 1. The molecule has 0 bridgehead atoms. The fraction of sp³-hybridized carbons (Fsp3) is 0.458. The van der Waals surface area contributed by atoms with E-state index in [1.165, 1.54) is 12.8 Å². The van der Waals surface area contributed by atoms with Crippen LogP contribution < -0.4 is 10.9 Å². The lowest BCUT2D eigenvalue weighted by molar-refractivity contribution is -0.121. The van der Waals surface area contributed by atoms with E-state index in [1.54, 1.807) is 10.7 Å². The predicted molar refractivity (Wildman–Crippen MR) is 117 cm³/mol. The number of carbonyl (C=O) groups is 1. The van der Waals surface area contributed by atoms with Crippen LogP contribution in [0.1, 0.15) is 61.7 Å². The first-order valence-corrected chi connectivity index (χ1v) is 11.0. The van der Waals surface area contributed by atoms with Gasteiger partial charge in [-0.2, -0.15) is 5.10 Å². The normalized spacial score (nSPS) is 21.6. The highest BCUT2D eigenvalue weighted by molar-refractivity contribution is 5.89. The van der Waals surface area contributed by atoms with Crippen molar-refractivity contribution in [2.45, 2.75) is 62.9 Å². The maximum absolute atomic E-state index is 12.7. The number of hydrogen-bond acceptors (Lipinski definition) is 3. The summed E-state index contributed by atoms with van der Waals surface area (Å²) in [6.45, 7) is 0. The summed E-state index contributed by atoms with van der Waals surface area (Å²) in [5.41, 5.74) is 3.25. The molecule has 156 valence electrons. The van der Waals surface area contributed by atoms with Crippen LogP contribution in [-0.2, 0) is 18.3 Å². The molecule has 1 N–H and O–H groups in total. The monoisotopic (exact) mass is 404 g/mol. The number of rotatable bonds is 5. The topological polar surface area (TPSA) is 68.9 Å². The minimum absolute atomic E-state index is 0.0113. The van der Waals surface area contributed by atoms with Gasteiger partial charge in [0, 0.05) is 42.2 Å². The Morgan fingerprint density at radius 3 is 2.60 bits per heavy atom. The van der Waals surface area contributed by atoms with E-state index < -0.39 is 0 Å². The van der Waals surface area contributed by atoms with Crippen molar-refractivity contribution < 1.29 is 4.79 Å². The maximum Gasteiger partial charge on any atom is 0.267 e. The Morgan fingerprint density at radius 2 is 1.83 bits per heavy atom. The lowest BCUT2D eigenvalue weighted by Crippen LogP contribution is -2.40. The summed E-state index contributed by atoms with van der Waals surface area (Å²) in [7, 11) is 2.01. The van der Waals surface area contributed by atoms with Gasteiger partial charge in [-0.1, -0.05) is 18.2 Å². The van der Waals surface area contributed by atoms with Crippen LogP contribution in [0.4, 0.5) is 0 Å². The van der Waals surface area contributed by atoms with Crippen molar-refractivity contribution in [2.75, 3.05) is 0 Å². The molecule has 0 spiro atoms. The first-order chi connectivity index (χ1) is 14.6. The molecule has 2 saturated carbocycles. The molecular weight excluding hydrogens is 376 g/mol. The molecule has 0 radical (unpaired) electrons. The molecule has 6 nitrogen and oxygen atoms in total. The molecule has 0 unspecified atom stereocenters. The summed E-state index contributed by atoms with van der Waals surface area (Å²) < 4.78 is 3.77. The maximum atomic E-state index is 12.7. The van der Waals surface area contributed by atoms with Crippen molar-refractivity contribution >= 4 is 16.8 Å². The minimum Gasteiger partial charge on any atom is -0.353 e. The molecule has 3 aromatic rings. The molecule has 0 saturated heterocycles. The van der Waals surface area contributed by atoms with Crippen LogP contribution in [0.15, 0.2) is 47.4 Å². The molecule has 2 aliphatic carbocycles. The highest BCUT2D eigenvalue weighted by Crippen LogP contribution is 2.38. The van der Waals surface area contributed by atoms with E-state index in [0.29, 0.717) is 12.3 Å². The van der Waals surface area contributed by atoms with Crippen LogP contribution in [0, 0.1) is 0 Å². The largest absolute Gasteiger partial charge is 0.353 e. The minimum atomic E-state index is -0.0113. The van der Waals surface area contributed by atoms with Crippen LogP contribution in [-0.4, -0.2) is 26.3 Å². The van der Waals surface area contributed by atoms with Gasteiger partial charge in [0.1, 0.15) is 0 Å². The number of para-hydroxylation sites is 1. The second-order valence-corrected chi connectivity index (χ2v) is 8.85. The molecule has 0 atom stereocenters. The van der Waals surface area contributed by atoms with Crippen LogP contribution >= 0.6 is 0 Å². The fourth-order valence-electron chi connectivity index (χ4n) is 4.78.